The number of benzene rings is 1. The molecular weight excluding hydrogens is 396 g/mol. The lowest BCUT2D eigenvalue weighted by Crippen LogP contribution is -2.40. The van der Waals surface area contributed by atoms with Crippen molar-refractivity contribution in [3.63, 3.8) is 0 Å². The molecule has 1 fully saturated rings. The van der Waals surface area contributed by atoms with Gasteiger partial charge in [-0.15, -0.1) is 24.0 Å². The molecule has 0 radical (unpaired) electrons. The van der Waals surface area contributed by atoms with Gasteiger partial charge in [0.1, 0.15) is 23.7 Å². The van der Waals surface area contributed by atoms with Crippen LogP contribution in [0.1, 0.15) is 30.6 Å². The van der Waals surface area contributed by atoms with Gasteiger partial charge in [-0.1, -0.05) is 0 Å². The number of nitrogens with two attached hydrogens (primary N) is 1. The van der Waals surface area contributed by atoms with Crippen LogP contribution >= 0.6 is 24.0 Å². The maximum atomic E-state index is 13.3. The number of halogens is 2. The molecule has 22 heavy (non-hydrogen) atoms. The molecule has 0 bridgehead atoms. The Labute approximate surface area is 146 Å². The van der Waals surface area contributed by atoms with Gasteiger partial charge in [-0.2, -0.15) is 0 Å². The molecule has 1 aliphatic rings. The van der Waals surface area contributed by atoms with E-state index in [-0.39, 0.29) is 29.8 Å². The molecule has 2 N–H and O–H groups in total. The first-order valence-corrected chi connectivity index (χ1v) is 7.37. The summed E-state index contributed by atoms with van der Waals surface area (Å²) in [7, 11) is 0. The molecular formula is C16H21FIN3O. The number of furan rings is 1. The van der Waals surface area contributed by atoms with Crippen LogP contribution in [0.25, 0.3) is 11.0 Å². The summed E-state index contributed by atoms with van der Waals surface area (Å²) in [6, 6.07) is 4.55. The van der Waals surface area contributed by atoms with Gasteiger partial charge in [0.15, 0.2) is 5.96 Å². The number of nitrogens with zero attached hydrogens (tertiary/aromatic N) is 2. The van der Waals surface area contributed by atoms with Gasteiger partial charge in [0.2, 0.25) is 0 Å². The van der Waals surface area contributed by atoms with E-state index in [9.17, 15) is 4.39 Å². The Balaban J connectivity index is 0.00000176. The summed E-state index contributed by atoms with van der Waals surface area (Å²) in [6.45, 7) is 4.26. The summed E-state index contributed by atoms with van der Waals surface area (Å²) < 4.78 is 19.0. The first-order valence-electron chi connectivity index (χ1n) is 7.37. The minimum atomic E-state index is -0.255. The second-order valence-electron chi connectivity index (χ2n) is 5.51. The Kier molecular flexibility index (Phi) is 5.66. The van der Waals surface area contributed by atoms with Crippen LogP contribution in [-0.2, 0) is 6.54 Å². The van der Waals surface area contributed by atoms with Crippen LogP contribution in [-0.4, -0.2) is 23.9 Å². The Morgan fingerprint density at radius 1 is 1.32 bits per heavy atom. The second-order valence-corrected chi connectivity index (χ2v) is 5.51. The van der Waals surface area contributed by atoms with E-state index < -0.39 is 0 Å². The molecule has 3 rings (SSSR count). The lowest BCUT2D eigenvalue weighted by Gasteiger charge is -2.27. The predicted molar refractivity (Wildman–Crippen MR) is 97.1 cm³/mol. The number of rotatable bonds is 2. The highest BCUT2D eigenvalue weighted by Crippen LogP contribution is 2.26. The molecule has 0 spiro atoms. The van der Waals surface area contributed by atoms with Gasteiger partial charge < -0.3 is 15.1 Å². The largest absolute Gasteiger partial charge is 0.459 e. The van der Waals surface area contributed by atoms with Gasteiger partial charge in [-0.25, -0.2) is 9.38 Å². The molecule has 120 valence electrons. The van der Waals surface area contributed by atoms with Crippen LogP contribution in [0, 0.1) is 12.7 Å². The number of aliphatic imine (C=N–C) groups is 1. The van der Waals surface area contributed by atoms with Crippen LogP contribution in [0.15, 0.2) is 27.6 Å². The molecule has 1 aliphatic heterocycles. The zero-order valence-electron chi connectivity index (χ0n) is 12.6. The number of aryl methyl sites for hydroxylation is 1. The summed E-state index contributed by atoms with van der Waals surface area (Å²) in [4.78, 5) is 6.54. The van der Waals surface area contributed by atoms with Crippen LogP contribution in [0.4, 0.5) is 4.39 Å². The van der Waals surface area contributed by atoms with E-state index in [1.54, 1.807) is 6.07 Å². The van der Waals surface area contributed by atoms with Crippen LogP contribution in [0.2, 0.25) is 0 Å². The summed E-state index contributed by atoms with van der Waals surface area (Å²) in [5.41, 5.74) is 7.66. The Hall–Kier alpha value is -1.31. The van der Waals surface area contributed by atoms with Crippen molar-refractivity contribution in [3.8, 4) is 0 Å². The highest BCUT2D eigenvalue weighted by atomic mass is 127. The van der Waals surface area contributed by atoms with Gasteiger partial charge in [0.05, 0.1) is 0 Å². The van der Waals surface area contributed by atoms with Crippen molar-refractivity contribution in [2.75, 3.05) is 13.1 Å². The van der Waals surface area contributed by atoms with Gasteiger partial charge in [-0.3, -0.25) is 0 Å². The third-order valence-electron chi connectivity index (χ3n) is 4.06. The van der Waals surface area contributed by atoms with Crippen molar-refractivity contribution in [2.45, 2.75) is 32.7 Å². The minimum Gasteiger partial charge on any atom is -0.459 e. The van der Waals surface area contributed by atoms with Gasteiger partial charge in [0.25, 0.3) is 0 Å². The normalized spacial score (nSPS) is 15.9. The average Bonchev–Trinajstić information content (AvgIpc) is 2.82. The van der Waals surface area contributed by atoms with Crippen molar-refractivity contribution in [2.24, 2.45) is 10.7 Å². The van der Waals surface area contributed by atoms with Gasteiger partial charge in [-0.05, 0) is 44.4 Å². The van der Waals surface area contributed by atoms with E-state index >= 15 is 0 Å². The average molecular weight is 417 g/mol. The zero-order valence-corrected chi connectivity index (χ0v) is 15.0. The molecule has 2 aromatic rings. The lowest BCUT2D eigenvalue weighted by atomic mass is 10.1. The van der Waals surface area contributed by atoms with Crippen molar-refractivity contribution in [1.82, 2.24) is 4.90 Å². The van der Waals surface area contributed by atoms with Crippen LogP contribution < -0.4 is 5.73 Å². The molecule has 1 aromatic carbocycles. The van der Waals surface area contributed by atoms with E-state index in [1.807, 2.05) is 6.92 Å². The minimum absolute atomic E-state index is 0. The third-order valence-corrected chi connectivity index (χ3v) is 4.06. The molecule has 0 saturated carbocycles. The maximum absolute atomic E-state index is 13.3. The topological polar surface area (TPSA) is 54.8 Å². The SMILES string of the molecule is Cc1c(CN=C(N)N2CCCCC2)oc2ccc(F)cc12.I. The quantitative estimate of drug-likeness (QED) is 0.460. The molecule has 2 heterocycles. The fourth-order valence-electron chi connectivity index (χ4n) is 2.77. The van der Waals surface area contributed by atoms with Crippen LogP contribution in [0.3, 0.4) is 0 Å². The molecule has 0 atom stereocenters. The van der Waals surface area contributed by atoms with E-state index in [1.165, 1.54) is 31.4 Å². The number of likely N-dealkylation sites (tertiary alicyclic amines) is 1. The molecule has 6 heteroatoms. The molecule has 0 aliphatic carbocycles. The van der Waals surface area contributed by atoms with Crippen LogP contribution in [0.5, 0.6) is 0 Å². The second kappa shape index (κ2) is 7.30. The van der Waals surface area contributed by atoms with Gasteiger partial charge >= 0.3 is 0 Å². The van der Waals surface area contributed by atoms with Crippen molar-refractivity contribution in [1.29, 1.82) is 0 Å². The third kappa shape index (κ3) is 3.53. The summed E-state index contributed by atoms with van der Waals surface area (Å²) >= 11 is 0. The Bertz CT molecular complexity index is 677. The monoisotopic (exact) mass is 417 g/mol. The highest BCUT2D eigenvalue weighted by Gasteiger charge is 2.14. The zero-order chi connectivity index (χ0) is 14.8. The molecule has 1 aromatic heterocycles. The molecule has 0 unspecified atom stereocenters. The number of piperidine rings is 1. The Morgan fingerprint density at radius 2 is 2.05 bits per heavy atom. The number of hydrogen-bond donors (Lipinski definition) is 1. The fraction of sp³-hybridized carbons (Fsp3) is 0.438. The number of guanidine groups is 1. The standard InChI is InChI=1S/C16H20FN3O.HI/c1-11-13-9-12(17)5-6-14(13)21-15(11)10-19-16(18)20-7-3-2-4-8-20;/h5-6,9H,2-4,7-8,10H2,1H3,(H2,18,19);1H. The van der Waals surface area contributed by atoms with Crippen molar-refractivity contribution >= 4 is 40.9 Å². The maximum Gasteiger partial charge on any atom is 0.191 e. The predicted octanol–water partition coefficient (Wildman–Crippen LogP) is 3.80. The Morgan fingerprint density at radius 3 is 2.77 bits per heavy atom. The summed E-state index contributed by atoms with van der Waals surface area (Å²) in [5.74, 6) is 1.06. The van der Waals surface area contributed by atoms with Crippen molar-refractivity contribution < 1.29 is 8.81 Å². The molecule has 1 saturated heterocycles. The summed E-state index contributed by atoms with van der Waals surface area (Å²) in [6.07, 6.45) is 3.59. The molecule has 4 nitrogen and oxygen atoms in total. The molecule has 0 amide bonds. The van der Waals surface area contributed by atoms with Gasteiger partial charge in [0, 0.05) is 24.0 Å². The van der Waals surface area contributed by atoms with Crippen molar-refractivity contribution in [3.05, 3.63) is 35.3 Å². The highest BCUT2D eigenvalue weighted by molar-refractivity contribution is 14.0. The number of hydrogen-bond acceptors (Lipinski definition) is 2. The lowest BCUT2D eigenvalue weighted by molar-refractivity contribution is 0.337. The smallest absolute Gasteiger partial charge is 0.191 e. The summed E-state index contributed by atoms with van der Waals surface area (Å²) in [5, 5.41) is 0.803. The van der Waals surface area contributed by atoms with E-state index in [0.717, 1.165) is 29.8 Å². The first kappa shape index (κ1) is 17.1. The number of fused-ring (bicyclic) bond motifs is 1. The fourth-order valence-corrected chi connectivity index (χ4v) is 2.77. The van der Waals surface area contributed by atoms with E-state index in [2.05, 4.69) is 9.89 Å². The van der Waals surface area contributed by atoms with E-state index in [4.69, 9.17) is 10.2 Å². The first-order chi connectivity index (χ1) is 10.1. The van der Waals surface area contributed by atoms with E-state index in [0.29, 0.717) is 18.1 Å².